The van der Waals surface area contributed by atoms with E-state index in [1.807, 2.05) is 19.1 Å². The second-order valence-corrected chi connectivity index (χ2v) is 5.93. The zero-order valence-corrected chi connectivity index (χ0v) is 13.8. The minimum absolute atomic E-state index is 0.127. The monoisotopic (exact) mass is 302 g/mol. The fourth-order valence-electron chi connectivity index (χ4n) is 1.88. The van der Waals surface area contributed by atoms with Crippen molar-refractivity contribution in [2.24, 2.45) is 0 Å². The van der Waals surface area contributed by atoms with E-state index in [0.29, 0.717) is 0 Å². The summed E-state index contributed by atoms with van der Waals surface area (Å²) < 4.78 is 0. The van der Waals surface area contributed by atoms with E-state index in [4.69, 9.17) is 10.5 Å². The molecule has 0 fully saturated rings. The lowest BCUT2D eigenvalue weighted by Gasteiger charge is -2.21. The van der Waals surface area contributed by atoms with Crippen molar-refractivity contribution in [2.45, 2.75) is 46.5 Å². The van der Waals surface area contributed by atoms with Gasteiger partial charge in [-0.05, 0) is 25.8 Å². The molecule has 1 heterocycles. The van der Waals surface area contributed by atoms with Crippen LogP contribution in [0.4, 0.5) is 5.13 Å². The predicted octanol–water partition coefficient (Wildman–Crippen LogP) is 4.29. The van der Waals surface area contributed by atoms with Crippen molar-refractivity contribution < 1.29 is 0 Å². The molecular weight excluding hydrogens is 280 g/mol. The van der Waals surface area contributed by atoms with Gasteiger partial charge in [0.25, 0.3) is 0 Å². The molecule has 0 aliphatic carbocycles. The third kappa shape index (κ3) is 5.21. The number of thiazole rings is 1. The van der Waals surface area contributed by atoms with Crippen LogP contribution in [0, 0.1) is 29.6 Å². The summed E-state index contributed by atoms with van der Waals surface area (Å²) in [6.45, 7) is 8.32. The summed E-state index contributed by atoms with van der Waals surface area (Å²) in [6, 6.07) is 3.80. The molecule has 0 aliphatic rings. The van der Waals surface area contributed by atoms with Gasteiger partial charge in [0.05, 0.1) is 10.6 Å². The first-order valence-corrected chi connectivity index (χ1v) is 8.22. The van der Waals surface area contributed by atoms with E-state index < -0.39 is 0 Å². The minimum atomic E-state index is 0.127. The van der Waals surface area contributed by atoms with Gasteiger partial charge in [-0.1, -0.05) is 38.0 Å². The van der Waals surface area contributed by atoms with Gasteiger partial charge in [0.15, 0.2) is 5.13 Å². The van der Waals surface area contributed by atoms with Crippen LogP contribution in [0.3, 0.4) is 0 Å². The van der Waals surface area contributed by atoms with Gasteiger partial charge in [0.2, 0.25) is 0 Å². The van der Waals surface area contributed by atoms with Crippen molar-refractivity contribution in [1.82, 2.24) is 4.98 Å². The smallest absolute Gasteiger partial charge is 0.186 e. The molecule has 4 nitrogen and oxygen atoms in total. The Labute approximate surface area is 131 Å². The molecule has 0 saturated heterocycles. The molecule has 0 aliphatic heterocycles. The summed E-state index contributed by atoms with van der Waals surface area (Å²) in [7, 11) is 0. The highest BCUT2D eigenvalue weighted by Crippen LogP contribution is 2.28. The average molecular weight is 302 g/mol. The Morgan fingerprint density at radius 1 is 1.19 bits per heavy atom. The van der Waals surface area contributed by atoms with E-state index in [1.165, 1.54) is 0 Å². The molecule has 5 heteroatoms. The van der Waals surface area contributed by atoms with E-state index in [2.05, 4.69) is 23.7 Å². The molecule has 1 rings (SSSR count). The third-order valence-electron chi connectivity index (χ3n) is 3.17. The number of hydrogen-bond donors (Lipinski definition) is 0. The lowest BCUT2D eigenvalue weighted by molar-refractivity contribution is 0.676. The van der Waals surface area contributed by atoms with Crippen LogP contribution in [0.15, 0.2) is 5.57 Å². The van der Waals surface area contributed by atoms with Gasteiger partial charge in [0, 0.05) is 13.1 Å². The fraction of sp³-hybridized carbons (Fsp3) is 0.562. The first kappa shape index (κ1) is 17.2. The number of rotatable bonds is 8. The normalized spacial score (nSPS) is 9.76. The molecule has 0 saturated carbocycles. The van der Waals surface area contributed by atoms with Crippen LogP contribution in [0.1, 0.15) is 50.1 Å². The van der Waals surface area contributed by atoms with E-state index in [0.717, 1.165) is 54.5 Å². The Bertz CT molecular complexity index is 536. The number of nitrogens with zero attached hydrogens (tertiary/aromatic N) is 4. The van der Waals surface area contributed by atoms with Crippen molar-refractivity contribution >= 4 is 22.5 Å². The Morgan fingerprint density at radius 2 is 1.76 bits per heavy atom. The molecule has 0 radical (unpaired) electrons. The first-order valence-electron chi connectivity index (χ1n) is 7.40. The number of allylic oxidation sites excluding steroid dienone is 1. The molecule has 21 heavy (non-hydrogen) atoms. The van der Waals surface area contributed by atoms with Crippen molar-refractivity contribution in [3.05, 3.63) is 16.1 Å². The van der Waals surface area contributed by atoms with E-state index >= 15 is 0 Å². The number of hydrogen-bond acceptors (Lipinski definition) is 5. The number of nitriles is 2. The Balaban J connectivity index is 2.98. The maximum absolute atomic E-state index is 8.86. The van der Waals surface area contributed by atoms with Gasteiger partial charge in [-0.25, -0.2) is 4.98 Å². The van der Waals surface area contributed by atoms with Gasteiger partial charge in [-0.3, -0.25) is 0 Å². The van der Waals surface area contributed by atoms with Gasteiger partial charge < -0.3 is 4.90 Å². The highest BCUT2D eigenvalue weighted by Gasteiger charge is 2.13. The lowest BCUT2D eigenvalue weighted by Crippen LogP contribution is -2.25. The molecule has 1 aromatic rings. The third-order valence-corrected chi connectivity index (χ3v) is 4.34. The largest absolute Gasteiger partial charge is 0.348 e. The molecule has 0 spiro atoms. The molecule has 0 amide bonds. The quantitative estimate of drug-likeness (QED) is 0.672. The summed E-state index contributed by atoms with van der Waals surface area (Å²) in [4.78, 5) is 7.84. The Hall–Kier alpha value is -1.85. The number of aryl methyl sites for hydroxylation is 1. The fourth-order valence-corrected chi connectivity index (χ4v) is 2.95. The molecular formula is C16H22N4S. The topological polar surface area (TPSA) is 63.7 Å². The molecule has 0 bridgehead atoms. The van der Waals surface area contributed by atoms with Crippen LogP contribution in [-0.2, 0) is 0 Å². The predicted molar refractivity (Wildman–Crippen MR) is 88.1 cm³/mol. The maximum Gasteiger partial charge on any atom is 0.186 e. The molecule has 112 valence electrons. The molecule has 0 aromatic carbocycles. The lowest BCUT2D eigenvalue weighted by atomic mass is 10.2. The Kier molecular flexibility index (Phi) is 7.50. The summed E-state index contributed by atoms with van der Waals surface area (Å²) in [5, 5.41) is 18.7. The second kappa shape index (κ2) is 9.15. The van der Waals surface area contributed by atoms with Crippen molar-refractivity contribution in [2.75, 3.05) is 18.0 Å². The van der Waals surface area contributed by atoms with Crippen LogP contribution >= 0.6 is 11.3 Å². The van der Waals surface area contributed by atoms with Crippen LogP contribution in [0.25, 0.3) is 6.08 Å². The van der Waals surface area contributed by atoms with Gasteiger partial charge in [-0.15, -0.1) is 0 Å². The standard InChI is InChI=1S/C16H22N4S/c1-4-6-8-20(9-7-5-2)16-19-13(3)15(21-16)10-14(11-17)12-18/h10H,4-9H2,1-3H3. The van der Waals surface area contributed by atoms with Gasteiger partial charge >= 0.3 is 0 Å². The summed E-state index contributed by atoms with van der Waals surface area (Å²) in [5.41, 5.74) is 1.01. The molecule has 1 aromatic heterocycles. The summed E-state index contributed by atoms with van der Waals surface area (Å²) >= 11 is 1.56. The van der Waals surface area contributed by atoms with Gasteiger partial charge in [0.1, 0.15) is 17.7 Å². The summed E-state index contributed by atoms with van der Waals surface area (Å²) in [6.07, 6.45) is 6.25. The summed E-state index contributed by atoms with van der Waals surface area (Å²) in [5.74, 6) is 0. The van der Waals surface area contributed by atoms with E-state index in [1.54, 1.807) is 17.4 Å². The first-order chi connectivity index (χ1) is 10.2. The van der Waals surface area contributed by atoms with Crippen LogP contribution in [-0.4, -0.2) is 18.1 Å². The highest BCUT2D eigenvalue weighted by atomic mass is 32.1. The highest BCUT2D eigenvalue weighted by molar-refractivity contribution is 7.16. The SMILES string of the molecule is CCCCN(CCCC)c1nc(C)c(C=C(C#N)C#N)s1. The molecule has 0 atom stereocenters. The number of aromatic nitrogens is 1. The second-order valence-electron chi connectivity index (χ2n) is 4.92. The number of anilines is 1. The van der Waals surface area contributed by atoms with Crippen molar-refractivity contribution in [3.8, 4) is 12.1 Å². The molecule has 0 N–H and O–H groups in total. The zero-order chi connectivity index (χ0) is 15.7. The van der Waals surface area contributed by atoms with Crippen molar-refractivity contribution in [3.63, 3.8) is 0 Å². The van der Waals surface area contributed by atoms with Crippen LogP contribution < -0.4 is 4.90 Å². The number of unbranched alkanes of at least 4 members (excludes halogenated alkanes) is 2. The van der Waals surface area contributed by atoms with Crippen molar-refractivity contribution in [1.29, 1.82) is 10.5 Å². The van der Waals surface area contributed by atoms with E-state index in [9.17, 15) is 0 Å². The zero-order valence-electron chi connectivity index (χ0n) is 13.0. The average Bonchev–Trinajstić information content (AvgIpc) is 2.85. The van der Waals surface area contributed by atoms with Gasteiger partial charge in [-0.2, -0.15) is 10.5 Å². The van der Waals surface area contributed by atoms with Crippen LogP contribution in [0.2, 0.25) is 0 Å². The van der Waals surface area contributed by atoms with Crippen LogP contribution in [0.5, 0.6) is 0 Å². The van der Waals surface area contributed by atoms with E-state index in [-0.39, 0.29) is 5.57 Å². The minimum Gasteiger partial charge on any atom is -0.348 e. The molecule has 0 unspecified atom stereocenters. The maximum atomic E-state index is 8.86. The Morgan fingerprint density at radius 3 is 2.24 bits per heavy atom.